The Labute approximate surface area is 166 Å². The van der Waals surface area contributed by atoms with Crippen LogP contribution in [0, 0.1) is 6.92 Å². The summed E-state index contributed by atoms with van der Waals surface area (Å²) >= 11 is 2.82. The van der Waals surface area contributed by atoms with Crippen molar-refractivity contribution in [3.8, 4) is 0 Å². The topological polar surface area (TPSA) is 89.0 Å². The van der Waals surface area contributed by atoms with E-state index in [1.54, 1.807) is 19.1 Å². The SMILES string of the molecule is Cc1ccc(C(=O)Nc2nnc(SCc3ccccc3)s2)cc1S(C)(=O)=O. The average Bonchev–Trinajstić information content (AvgIpc) is 3.07. The van der Waals surface area contributed by atoms with Crippen molar-refractivity contribution in [2.24, 2.45) is 0 Å². The summed E-state index contributed by atoms with van der Waals surface area (Å²) in [5.41, 5.74) is 2.04. The van der Waals surface area contributed by atoms with Crippen molar-refractivity contribution in [3.05, 3.63) is 65.2 Å². The van der Waals surface area contributed by atoms with Crippen molar-refractivity contribution in [3.63, 3.8) is 0 Å². The average molecular weight is 420 g/mol. The van der Waals surface area contributed by atoms with Crippen molar-refractivity contribution >= 4 is 44.0 Å². The maximum absolute atomic E-state index is 12.4. The molecule has 1 heterocycles. The predicted molar refractivity (Wildman–Crippen MR) is 108 cm³/mol. The van der Waals surface area contributed by atoms with Gasteiger partial charge in [0.1, 0.15) is 0 Å². The largest absolute Gasteiger partial charge is 0.296 e. The van der Waals surface area contributed by atoms with E-state index in [4.69, 9.17) is 0 Å². The van der Waals surface area contributed by atoms with Crippen LogP contribution in [0.25, 0.3) is 0 Å². The van der Waals surface area contributed by atoms with Gasteiger partial charge in [0.25, 0.3) is 5.91 Å². The Morgan fingerprint density at radius 2 is 1.89 bits per heavy atom. The molecule has 2 aromatic carbocycles. The van der Waals surface area contributed by atoms with E-state index in [-0.39, 0.29) is 10.5 Å². The summed E-state index contributed by atoms with van der Waals surface area (Å²) < 4.78 is 24.4. The normalized spacial score (nSPS) is 11.3. The molecule has 0 bridgehead atoms. The zero-order valence-electron chi connectivity index (χ0n) is 14.7. The van der Waals surface area contributed by atoms with E-state index >= 15 is 0 Å². The third-order valence-electron chi connectivity index (χ3n) is 3.68. The molecule has 27 heavy (non-hydrogen) atoms. The molecule has 0 atom stereocenters. The molecule has 0 unspecified atom stereocenters. The first-order valence-corrected chi connectivity index (χ1v) is 11.6. The van der Waals surface area contributed by atoms with Gasteiger partial charge in [-0.1, -0.05) is 59.5 Å². The van der Waals surface area contributed by atoms with Gasteiger partial charge < -0.3 is 0 Å². The van der Waals surface area contributed by atoms with Crippen molar-refractivity contribution in [1.29, 1.82) is 0 Å². The Bertz CT molecular complexity index is 1060. The van der Waals surface area contributed by atoms with Crippen LogP contribution in [0.3, 0.4) is 0 Å². The third-order valence-corrected chi connectivity index (χ3v) is 6.96. The second kappa shape index (κ2) is 8.20. The van der Waals surface area contributed by atoms with Crippen LogP contribution < -0.4 is 5.32 Å². The molecule has 1 amide bonds. The fourth-order valence-corrected chi connectivity index (χ4v) is 5.04. The first kappa shape index (κ1) is 19.5. The van der Waals surface area contributed by atoms with Gasteiger partial charge in [-0.05, 0) is 30.2 Å². The fourth-order valence-electron chi connectivity index (χ4n) is 2.35. The summed E-state index contributed by atoms with van der Waals surface area (Å²) in [6.45, 7) is 1.69. The summed E-state index contributed by atoms with van der Waals surface area (Å²) in [5, 5.41) is 11.1. The van der Waals surface area contributed by atoms with E-state index in [1.165, 1.54) is 34.7 Å². The monoisotopic (exact) mass is 419 g/mol. The summed E-state index contributed by atoms with van der Waals surface area (Å²) in [5.74, 6) is 0.342. The van der Waals surface area contributed by atoms with Gasteiger partial charge in [0.2, 0.25) is 5.13 Å². The van der Waals surface area contributed by atoms with E-state index in [9.17, 15) is 13.2 Å². The van der Waals surface area contributed by atoms with Gasteiger partial charge in [0.15, 0.2) is 14.2 Å². The maximum Gasteiger partial charge on any atom is 0.257 e. The minimum atomic E-state index is -3.40. The molecule has 6 nitrogen and oxygen atoms in total. The predicted octanol–water partition coefficient (Wildman–Crippen LogP) is 3.79. The highest BCUT2D eigenvalue weighted by atomic mass is 32.2. The van der Waals surface area contributed by atoms with Crippen LogP contribution >= 0.6 is 23.1 Å². The highest BCUT2D eigenvalue weighted by Crippen LogP contribution is 2.28. The highest BCUT2D eigenvalue weighted by Gasteiger charge is 2.16. The summed E-state index contributed by atoms with van der Waals surface area (Å²) in [7, 11) is -3.40. The van der Waals surface area contributed by atoms with E-state index < -0.39 is 15.7 Å². The number of benzene rings is 2. The number of thioether (sulfide) groups is 1. The van der Waals surface area contributed by atoms with Crippen LogP contribution in [0.4, 0.5) is 5.13 Å². The molecule has 0 aliphatic heterocycles. The number of nitrogens with one attached hydrogen (secondary N) is 1. The van der Waals surface area contributed by atoms with Crippen LogP contribution in [0.1, 0.15) is 21.5 Å². The van der Waals surface area contributed by atoms with E-state index in [0.29, 0.717) is 10.7 Å². The number of nitrogens with zero attached hydrogens (tertiary/aromatic N) is 2. The molecule has 0 radical (unpaired) electrons. The molecule has 3 aromatic rings. The van der Waals surface area contributed by atoms with Crippen molar-refractivity contribution in [1.82, 2.24) is 10.2 Å². The molecule has 0 fully saturated rings. The number of aromatic nitrogens is 2. The highest BCUT2D eigenvalue weighted by molar-refractivity contribution is 8.00. The van der Waals surface area contributed by atoms with Gasteiger partial charge in [0, 0.05) is 17.6 Å². The minimum absolute atomic E-state index is 0.145. The molecular formula is C18H17N3O3S3. The number of rotatable bonds is 6. The van der Waals surface area contributed by atoms with E-state index in [2.05, 4.69) is 15.5 Å². The molecular weight excluding hydrogens is 402 g/mol. The molecule has 1 aromatic heterocycles. The molecule has 0 aliphatic rings. The number of carbonyl (C=O) groups is 1. The van der Waals surface area contributed by atoms with Gasteiger partial charge in [-0.15, -0.1) is 10.2 Å². The van der Waals surface area contributed by atoms with Crippen molar-refractivity contribution in [2.75, 3.05) is 11.6 Å². The Balaban J connectivity index is 1.67. The zero-order chi connectivity index (χ0) is 19.4. The van der Waals surface area contributed by atoms with Gasteiger partial charge in [-0.3, -0.25) is 10.1 Å². The Kier molecular flexibility index (Phi) is 5.93. The molecule has 140 valence electrons. The third kappa shape index (κ3) is 5.15. The van der Waals surface area contributed by atoms with Crippen molar-refractivity contribution in [2.45, 2.75) is 21.9 Å². The fraction of sp³-hybridized carbons (Fsp3) is 0.167. The summed E-state index contributed by atoms with van der Waals surface area (Å²) in [4.78, 5) is 12.6. The number of carbonyl (C=O) groups excluding carboxylic acids is 1. The maximum atomic E-state index is 12.4. The molecule has 1 N–H and O–H groups in total. The van der Waals surface area contributed by atoms with Gasteiger partial charge in [0.05, 0.1) is 4.90 Å². The number of anilines is 1. The second-order valence-corrected chi connectivity index (χ2v) is 10.0. The second-order valence-electron chi connectivity index (χ2n) is 5.85. The molecule has 0 saturated carbocycles. The van der Waals surface area contributed by atoms with Gasteiger partial charge in [-0.25, -0.2) is 8.42 Å². The lowest BCUT2D eigenvalue weighted by atomic mass is 10.1. The Morgan fingerprint density at radius 3 is 2.59 bits per heavy atom. The first-order chi connectivity index (χ1) is 12.8. The smallest absolute Gasteiger partial charge is 0.257 e. The molecule has 0 saturated heterocycles. The van der Waals surface area contributed by atoms with Crippen molar-refractivity contribution < 1.29 is 13.2 Å². The van der Waals surface area contributed by atoms with Crippen LogP contribution in [-0.2, 0) is 15.6 Å². The quantitative estimate of drug-likeness (QED) is 0.483. The van der Waals surface area contributed by atoms with Crippen LogP contribution in [0.2, 0.25) is 0 Å². The number of sulfone groups is 1. The minimum Gasteiger partial charge on any atom is -0.296 e. The summed E-state index contributed by atoms with van der Waals surface area (Å²) in [6.07, 6.45) is 1.12. The van der Waals surface area contributed by atoms with Gasteiger partial charge >= 0.3 is 0 Å². The Morgan fingerprint density at radius 1 is 1.15 bits per heavy atom. The zero-order valence-corrected chi connectivity index (χ0v) is 17.1. The van der Waals surface area contributed by atoms with Crippen LogP contribution in [0.15, 0.2) is 57.8 Å². The standard InChI is InChI=1S/C18H17N3O3S3/c1-12-8-9-14(10-15(12)27(2,23)24)16(22)19-17-20-21-18(26-17)25-11-13-6-4-3-5-7-13/h3-10H,11H2,1-2H3,(H,19,20,22). The first-order valence-electron chi connectivity index (χ1n) is 7.95. The molecule has 3 rings (SSSR count). The lowest BCUT2D eigenvalue weighted by molar-refractivity contribution is 0.102. The van der Waals surface area contributed by atoms with E-state index in [0.717, 1.165) is 16.3 Å². The van der Waals surface area contributed by atoms with E-state index in [1.807, 2.05) is 30.3 Å². The lowest BCUT2D eigenvalue weighted by Gasteiger charge is -2.06. The van der Waals surface area contributed by atoms with Crippen LogP contribution in [0.5, 0.6) is 0 Å². The van der Waals surface area contributed by atoms with Crippen LogP contribution in [-0.4, -0.2) is 30.8 Å². The Hall–Kier alpha value is -2.23. The molecule has 0 spiro atoms. The number of amides is 1. The lowest BCUT2D eigenvalue weighted by Crippen LogP contribution is -2.13. The number of aryl methyl sites for hydroxylation is 1. The molecule has 9 heteroatoms. The number of hydrogen-bond acceptors (Lipinski definition) is 7. The number of hydrogen-bond donors (Lipinski definition) is 1. The van der Waals surface area contributed by atoms with Gasteiger partial charge in [-0.2, -0.15) is 0 Å². The summed E-state index contributed by atoms with van der Waals surface area (Å²) in [6, 6.07) is 14.6. The molecule has 0 aliphatic carbocycles.